The molecule has 0 aromatic carbocycles. The summed E-state index contributed by atoms with van der Waals surface area (Å²) in [6.45, 7) is 20.5. The zero-order valence-electron chi connectivity index (χ0n) is 11.7. The average Bonchev–Trinajstić information content (AvgIpc) is 1.44. The van der Waals surface area contributed by atoms with Gasteiger partial charge in [0.25, 0.3) is 0 Å². The fourth-order valence-corrected chi connectivity index (χ4v) is 3.02. The molecule has 3 N–H and O–H groups in total. The van der Waals surface area contributed by atoms with Gasteiger partial charge in [0.1, 0.15) is 0 Å². The van der Waals surface area contributed by atoms with Crippen LogP contribution in [0.1, 0.15) is 62.3 Å². The fourth-order valence-electron chi connectivity index (χ4n) is 3.02. The molecule has 0 unspecified atom stereocenters. The third-order valence-corrected chi connectivity index (χ3v) is 2.01. The molecule has 2 heteroatoms. The van der Waals surface area contributed by atoms with Crippen LogP contribution in [-0.2, 0) is 0 Å². The third kappa shape index (κ3) is 4.43. The van der Waals surface area contributed by atoms with Crippen LogP contribution in [0.5, 0.6) is 0 Å². The van der Waals surface area contributed by atoms with Crippen molar-refractivity contribution in [2.24, 2.45) is 0 Å². The minimum atomic E-state index is 0. The van der Waals surface area contributed by atoms with Crippen molar-refractivity contribution in [3.8, 4) is 0 Å². The van der Waals surface area contributed by atoms with Gasteiger partial charge in [-0.15, -0.1) is 0 Å². The highest BCUT2D eigenvalue weighted by atomic mass is 15.3. The molecular weight excluding hydrogens is 172 g/mol. The molecule has 0 bridgehead atoms. The van der Waals surface area contributed by atoms with E-state index in [1.54, 1.807) is 0 Å². The predicted molar refractivity (Wildman–Crippen MR) is 66.1 cm³/mol. The van der Waals surface area contributed by atoms with Crippen LogP contribution in [0.4, 0.5) is 0 Å². The highest BCUT2D eigenvalue weighted by molar-refractivity contribution is 4.94. The summed E-state index contributed by atoms with van der Waals surface area (Å²) in [5.74, 6) is 0. The highest BCUT2D eigenvalue weighted by Gasteiger charge is 2.38. The molecule has 0 aliphatic carbocycles. The maximum absolute atomic E-state index is 2.56. The van der Waals surface area contributed by atoms with Crippen LogP contribution in [0.2, 0.25) is 0 Å². The predicted octanol–water partition coefficient (Wildman–Crippen LogP) is 3.85. The molecule has 0 amide bonds. The van der Waals surface area contributed by atoms with Gasteiger partial charge in [-0.1, -0.05) is 0 Å². The summed E-state index contributed by atoms with van der Waals surface area (Å²) in [7, 11) is 0. The van der Waals surface area contributed by atoms with Crippen molar-refractivity contribution in [2.75, 3.05) is 0 Å². The summed E-state index contributed by atoms with van der Waals surface area (Å²) in [4.78, 5) is 2.56. The minimum Gasteiger partial charge on any atom is -0.344 e. The summed E-state index contributed by atoms with van der Waals surface area (Å²) >= 11 is 0. The van der Waals surface area contributed by atoms with Gasteiger partial charge in [-0.05, 0) is 62.3 Å². The van der Waals surface area contributed by atoms with E-state index in [1.165, 1.54) is 0 Å². The molecule has 0 rings (SSSR count). The molecule has 0 spiro atoms. The molecule has 2 nitrogen and oxygen atoms in total. The monoisotopic (exact) mass is 202 g/mol. The Morgan fingerprint density at radius 3 is 0.643 bits per heavy atom. The highest BCUT2D eigenvalue weighted by Crippen LogP contribution is 2.32. The Hall–Kier alpha value is -0.0800. The van der Waals surface area contributed by atoms with E-state index < -0.39 is 0 Å². The van der Waals surface area contributed by atoms with Crippen LogP contribution in [0.15, 0.2) is 0 Å². The second kappa shape index (κ2) is 4.19. The SMILES string of the molecule is CC(C)(C)N(C(C)(C)C)C(C)(C)C.N. The van der Waals surface area contributed by atoms with Crippen molar-refractivity contribution >= 4 is 0 Å². The molecule has 0 atom stereocenters. The van der Waals surface area contributed by atoms with Gasteiger partial charge in [0, 0.05) is 16.6 Å². The quantitative estimate of drug-likeness (QED) is 0.648. The Balaban J connectivity index is 0. The first-order valence-corrected chi connectivity index (χ1v) is 5.17. The first kappa shape index (κ1) is 16.4. The first-order valence-electron chi connectivity index (χ1n) is 5.17. The van der Waals surface area contributed by atoms with Crippen molar-refractivity contribution in [3.05, 3.63) is 0 Å². The van der Waals surface area contributed by atoms with Gasteiger partial charge in [0.2, 0.25) is 0 Å². The molecule has 0 heterocycles. The van der Waals surface area contributed by atoms with Crippen molar-refractivity contribution in [1.82, 2.24) is 11.1 Å². The van der Waals surface area contributed by atoms with Gasteiger partial charge in [0.15, 0.2) is 0 Å². The van der Waals surface area contributed by atoms with Crippen LogP contribution < -0.4 is 6.15 Å². The lowest BCUT2D eigenvalue weighted by molar-refractivity contribution is -0.0402. The van der Waals surface area contributed by atoms with Crippen LogP contribution in [-0.4, -0.2) is 21.5 Å². The molecule has 0 aliphatic rings. The van der Waals surface area contributed by atoms with E-state index in [4.69, 9.17) is 0 Å². The van der Waals surface area contributed by atoms with Crippen LogP contribution in [0.3, 0.4) is 0 Å². The molecule has 88 valence electrons. The Labute approximate surface area is 90.6 Å². The summed E-state index contributed by atoms with van der Waals surface area (Å²) in [5.41, 5.74) is 0.656. The van der Waals surface area contributed by atoms with E-state index in [-0.39, 0.29) is 22.8 Å². The van der Waals surface area contributed by atoms with Crippen molar-refractivity contribution in [3.63, 3.8) is 0 Å². The van der Waals surface area contributed by atoms with E-state index in [9.17, 15) is 0 Å². The number of nitrogens with zero attached hydrogens (tertiary/aromatic N) is 1. The first-order chi connectivity index (χ1) is 5.37. The normalized spacial score (nSPS) is 14.1. The second-order valence-corrected chi connectivity index (χ2v) is 6.85. The van der Waals surface area contributed by atoms with Gasteiger partial charge in [-0.3, -0.25) is 4.90 Å². The van der Waals surface area contributed by atoms with Gasteiger partial charge >= 0.3 is 0 Å². The van der Waals surface area contributed by atoms with E-state index >= 15 is 0 Å². The molecule has 0 radical (unpaired) electrons. The van der Waals surface area contributed by atoms with Gasteiger partial charge in [-0.25, -0.2) is 0 Å². The lowest BCUT2D eigenvalue weighted by Gasteiger charge is -2.53. The molecule has 0 aliphatic heterocycles. The lowest BCUT2D eigenvalue weighted by Crippen LogP contribution is -2.60. The standard InChI is InChI=1S/C12H27N.H3N/c1-10(2,3)13(11(4,5)6)12(7,8)9;/h1-9H3;1H3. The zero-order valence-corrected chi connectivity index (χ0v) is 11.7. The molecular formula is C12H30N2. The van der Waals surface area contributed by atoms with E-state index in [0.717, 1.165) is 0 Å². The smallest absolute Gasteiger partial charge is 0.0135 e. The summed E-state index contributed by atoms with van der Waals surface area (Å²) in [6, 6.07) is 0. The number of hydrogen-bond acceptors (Lipinski definition) is 2. The fraction of sp³-hybridized carbons (Fsp3) is 1.00. The molecule has 14 heavy (non-hydrogen) atoms. The van der Waals surface area contributed by atoms with Crippen LogP contribution in [0.25, 0.3) is 0 Å². The molecule has 0 aromatic rings. The Bertz CT molecular complexity index is 131. The third-order valence-electron chi connectivity index (χ3n) is 2.01. The summed E-state index contributed by atoms with van der Waals surface area (Å²) in [5, 5.41) is 0. The molecule has 0 saturated heterocycles. The molecule has 0 saturated carbocycles. The average molecular weight is 202 g/mol. The largest absolute Gasteiger partial charge is 0.344 e. The second-order valence-electron chi connectivity index (χ2n) is 6.85. The molecule has 0 fully saturated rings. The van der Waals surface area contributed by atoms with Crippen molar-refractivity contribution in [2.45, 2.75) is 78.9 Å². The van der Waals surface area contributed by atoms with Crippen molar-refractivity contribution < 1.29 is 0 Å². The van der Waals surface area contributed by atoms with Crippen molar-refractivity contribution in [1.29, 1.82) is 0 Å². The Morgan fingerprint density at radius 2 is 0.643 bits per heavy atom. The topological polar surface area (TPSA) is 38.2 Å². The Kier molecular flexibility index (Phi) is 4.90. The Morgan fingerprint density at radius 1 is 0.500 bits per heavy atom. The summed E-state index contributed by atoms with van der Waals surface area (Å²) in [6.07, 6.45) is 0. The van der Waals surface area contributed by atoms with E-state index in [0.29, 0.717) is 0 Å². The lowest BCUT2D eigenvalue weighted by atomic mass is 9.88. The van der Waals surface area contributed by atoms with Crippen LogP contribution >= 0.6 is 0 Å². The maximum atomic E-state index is 2.56. The minimum absolute atomic E-state index is 0. The molecule has 0 aromatic heterocycles. The van der Waals surface area contributed by atoms with Gasteiger partial charge in [0.05, 0.1) is 0 Å². The summed E-state index contributed by atoms with van der Waals surface area (Å²) < 4.78 is 0. The van der Waals surface area contributed by atoms with Crippen LogP contribution in [0, 0.1) is 0 Å². The van der Waals surface area contributed by atoms with Gasteiger partial charge < -0.3 is 6.15 Å². The maximum Gasteiger partial charge on any atom is 0.0135 e. The zero-order chi connectivity index (χ0) is 11.1. The number of hydrogen-bond donors (Lipinski definition) is 1. The van der Waals surface area contributed by atoms with E-state index in [1.807, 2.05) is 0 Å². The van der Waals surface area contributed by atoms with E-state index in [2.05, 4.69) is 67.2 Å². The number of rotatable bonds is 0. The van der Waals surface area contributed by atoms with Gasteiger partial charge in [-0.2, -0.15) is 0 Å².